The first-order chi connectivity index (χ1) is 11.1. The highest BCUT2D eigenvalue weighted by molar-refractivity contribution is 5.27. The van der Waals surface area contributed by atoms with E-state index in [1.807, 2.05) is 24.1 Å². The van der Waals surface area contributed by atoms with Crippen molar-refractivity contribution in [2.75, 3.05) is 0 Å². The van der Waals surface area contributed by atoms with Crippen LogP contribution in [0.3, 0.4) is 0 Å². The topological polar surface area (TPSA) is 41.3 Å². The van der Waals surface area contributed by atoms with Crippen molar-refractivity contribution in [2.45, 2.75) is 49.9 Å². The van der Waals surface area contributed by atoms with Crippen LogP contribution < -0.4 is 0 Å². The van der Waals surface area contributed by atoms with Gasteiger partial charge in [-0.05, 0) is 31.7 Å². The van der Waals surface area contributed by atoms with Gasteiger partial charge in [0.05, 0.1) is 17.6 Å². The second-order valence-electron chi connectivity index (χ2n) is 6.97. The Bertz CT molecular complexity index is 700. The fraction of sp³-hybridized carbons (Fsp3) is 0.500. The number of halogens is 1. The molecule has 1 aromatic heterocycles. The van der Waals surface area contributed by atoms with Crippen LogP contribution in [-0.2, 0) is 19.2 Å². The number of fused-ring (bicyclic) bond motifs is 2. The number of rotatable bonds is 3. The molecule has 2 aliphatic rings. The Morgan fingerprint density at radius 3 is 2.57 bits per heavy atom. The van der Waals surface area contributed by atoms with Gasteiger partial charge in [0.1, 0.15) is 5.82 Å². The van der Waals surface area contributed by atoms with Crippen LogP contribution >= 0.6 is 0 Å². The van der Waals surface area contributed by atoms with Crippen molar-refractivity contribution in [1.82, 2.24) is 14.5 Å². The Balaban J connectivity index is 1.58. The molecule has 2 aromatic rings. The molecule has 0 amide bonds. The van der Waals surface area contributed by atoms with E-state index in [4.69, 9.17) is 0 Å². The van der Waals surface area contributed by atoms with Gasteiger partial charge in [-0.15, -0.1) is 0 Å². The standard InChI is InChI=1S/C18H22FN3O/c1-21-12-20-10-15(21)11-22-13-6-7-14(22)9-18(23,8-13)16-4-2-3-5-17(16)19/h2-5,10,12-14,23H,6-9,11H2,1H3/t13-,14-/m0/s1. The quantitative estimate of drug-likeness (QED) is 0.946. The molecule has 2 saturated heterocycles. The summed E-state index contributed by atoms with van der Waals surface area (Å²) in [4.78, 5) is 6.65. The van der Waals surface area contributed by atoms with Crippen molar-refractivity contribution in [3.63, 3.8) is 0 Å². The van der Waals surface area contributed by atoms with Crippen LogP contribution in [-0.4, -0.2) is 31.6 Å². The van der Waals surface area contributed by atoms with Crippen molar-refractivity contribution in [1.29, 1.82) is 0 Å². The number of nitrogens with zero attached hydrogens (tertiary/aromatic N) is 3. The lowest BCUT2D eigenvalue weighted by atomic mass is 9.80. The Labute approximate surface area is 135 Å². The summed E-state index contributed by atoms with van der Waals surface area (Å²) in [6.45, 7) is 0.846. The van der Waals surface area contributed by atoms with Crippen LogP contribution in [0.5, 0.6) is 0 Å². The minimum Gasteiger partial charge on any atom is -0.385 e. The Morgan fingerprint density at radius 1 is 1.26 bits per heavy atom. The van der Waals surface area contributed by atoms with Gasteiger partial charge < -0.3 is 9.67 Å². The van der Waals surface area contributed by atoms with Gasteiger partial charge in [0.15, 0.2) is 0 Å². The van der Waals surface area contributed by atoms with E-state index in [-0.39, 0.29) is 5.82 Å². The zero-order chi connectivity index (χ0) is 16.0. The molecule has 3 heterocycles. The maximum absolute atomic E-state index is 14.2. The second kappa shape index (κ2) is 5.42. The minimum atomic E-state index is -1.04. The number of aromatic nitrogens is 2. The molecular formula is C18H22FN3O. The molecule has 2 fully saturated rings. The lowest BCUT2D eigenvalue weighted by molar-refractivity contribution is -0.0620. The Hall–Kier alpha value is -1.72. The number of benzene rings is 1. The average molecular weight is 315 g/mol. The van der Waals surface area contributed by atoms with E-state index >= 15 is 0 Å². The lowest BCUT2D eigenvalue weighted by Gasteiger charge is -2.44. The molecule has 5 heteroatoms. The third-order valence-electron chi connectivity index (χ3n) is 5.55. The first-order valence-electron chi connectivity index (χ1n) is 8.25. The van der Waals surface area contributed by atoms with Crippen LogP contribution in [0.1, 0.15) is 36.9 Å². The maximum Gasteiger partial charge on any atom is 0.129 e. The number of aliphatic hydroxyl groups is 1. The molecule has 0 unspecified atom stereocenters. The van der Waals surface area contributed by atoms with Gasteiger partial charge in [-0.25, -0.2) is 9.37 Å². The molecule has 0 saturated carbocycles. The van der Waals surface area contributed by atoms with Crippen LogP contribution in [0.2, 0.25) is 0 Å². The predicted octanol–water partition coefficient (Wildman–Crippen LogP) is 2.57. The van der Waals surface area contributed by atoms with Crippen LogP contribution in [0.4, 0.5) is 4.39 Å². The monoisotopic (exact) mass is 315 g/mol. The third-order valence-corrected chi connectivity index (χ3v) is 5.55. The SMILES string of the molecule is Cn1cncc1CN1[C@H]2CC[C@H]1CC(O)(c1ccccc1F)C2. The smallest absolute Gasteiger partial charge is 0.129 e. The van der Waals surface area contributed by atoms with Gasteiger partial charge in [0.25, 0.3) is 0 Å². The van der Waals surface area contributed by atoms with Gasteiger partial charge in [-0.2, -0.15) is 0 Å². The van der Waals surface area contributed by atoms with Crippen molar-refractivity contribution in [3.8, 4) is 0 Å². The molecule has 2 bridgehead atoms. The highest BCUT2D eigenvalue weighted by Gasteiger charge is 2.49. The van der Waals surface area contributed by atoms with Gasteiger partial charge >= 0.3 is 0 Å². The zero-order valence-electron chi connectivity index (χ0n) is 13.3. The number of aryl methyl sites for hydroxylation is 1. The lowest BCUT2D eigenvalue weighted by Crippen LogP contribution is -2.49. The number of hydrogen-bond donors (Lipinski definition) is 1. The van der Waals surface area contributed by atoms with Crippen molar-refractivity contribution in [2.24, 2.45) is 7.05 Å². The van der Waals surface area contributed by atoms with Gasteiger partial charge in [0, 0.05) is 37.4 Å². The van der Waals surface area contributed by atoms with E-state index < -0.39 is 5.60 Å². The van der Waals surface area contributed by atoms with Crippen LogP contribution in [0.15, 0.2) is 36.8 Å². The fourth-order valence-electron chi connectivity index (χ4n) is 4.36. The Kier molecular flexibility index (Phi) is 3.50. The number of imidazole rings is 1. The normalized spacial score (nSPS) is 30.7. The Morgan fingerprint density at radius 2 is 1.96 bits per heavy atom. The van der Waals surface area contributed by atoms with E-state index in [9.17, 15) is 9.50 Å². The summed E-state index contributed by atoms with van der Waals surface area (Å²) in [7, 11) is 2.00. The third kappa shape index (κ3) is 2.48. The maximum atomic E-state index is 14.2. The summed E-state index contributed by atoms with van der Waals surface area (Å²) >= 11 is 0. The fourth-order valence-corrected chi connectivity index (χ4v) is 4.36. The van der Waals surface area contributed by atoms with Crippen molar-refractivity contribution >= 4 is 0 Å². The highest BCUT2D eigenvalue weighted by Crippen LogP contribution is 2.46. The number of hydrogen-bond acceptors (Lipinski definition) is 3. The molecule has 0 spiro atoms. The molecular weight excluding hydrogens is 293 g/mol. The molecule has 4 rings (SSSR count). The first-order valence-corrected chi connectivity index (χ1v) is 8.25. The van der Waals surface area contributed by atoms with Gasteiger partial charge in [0.2, 0.25) is 0 Å². The summed E-state index contributed by atoms with van der Waals surface area (Å²) < 4.78 is 16.2. The van der Waals surface area contributed by atoms with E-state index in [0.29, 0.717) is 30.5 Å². The van der Waals surface area contributed by atoms with Crippen LogP contribution in [0.25, 0.3) is 0 Å². The van der Waals surface area contributed by atoms with E-state index in [1.165, 1.54) is 11.8 Å². The summed E-state index contributed by atoms with van der Waals surface area (Å²) in [5.41, 5.74) is 0.593. The number of piperidine rings is 1. The highest BCUT2D eigenvalue weighted by atomic mass is 19.1. The van der Waals surface area contributed by atoms with Crippen LogP contribution in [0, 0.1) is 5.82 Å². The molecule has 1 N–H and O–H groups in total. The van der Waals surface area contributed by atoms with Gasteiger partial charge in [-0.1, -0.05) is 18.2 Å². The van der Waals surface area contributed by atoms with E-state index in [1.54, 1.807) is 18.2 Å². The van der Waals surface area contributed by atoms with E-state index in [0.717, 1.165) is 19.4 Å². The minimum absolute atomic E-state index is 0.297. The summed E-state index contributed by atoms with van der Waals surface area (Å²) in [6, 6.07) is 7.25. The molecule has 4 nitrogen and oxygen atoms in total. The zero-order valence-corrected chi connectivity index (χ0v) is 13.3. The molecule has 2 atom stereocenters. The van der Waals surface area contributed by atoms with E-state index in [2.05, 4.69) is 9.88 Å². The molecule has 0 aliphatic carbocycles. The predicted molar refractivity (Wildman–Crippen MR) is 85.1 cm³/mol. The van der Waals surface area contributed by atoms with Gasteiger partial charge in [-0.3, -0.25) is 4.90 Å². The summed E-state index contributed by atoms with van der Waals surface area (Å²) in [6.07, 6.45) is 7.05. The van der Waals surface area contributed by atoms with Crippen molar-refractivity contribution < 1.29 is 9.50 Å². The summed E-state index contributed by atoms with van der Waals surface area (Å²) in [5, 5.41) is 11.1. The molecule has 23 heavy (non-hydrogen) atoms. The first kappa shape index (κ1) is 14.8. The van der Waals surface area contributed by atoms with Crippen molar-refractivity contribution in [3.05, 3.63) is 53.9 Å². The molecule has 122 valence electrons. The largest absolute Gasteiger partial charge is 0.385 e. The average Bonchev–Trinajstić information content (AvgIpc) is 3.03. The summed E-state index contributed by atoms with van der Waals surface area (Å²) in [5.74, 6) is -0.297. The molecule has 1 aromatic carbocycles. The molecule has 2 aliphatic heterocycles. The molecule has 0 radical (unpaired) electrons. The second-order valence-corrected chi connectivity index (χ2v) is 6.97.